The second kappa shape index (κ2) is 5.42. The predicted molar refractivity (Wildman–Crippen MR) is 68.5 cm³/mol. The third-order valence-electron chi connectivity index (χ3n) is 2.54. The second-order valence-corrected chi connectivity index (χ2v) is 4.81. The fourth-order valence-corrected chi connectivity index (χ4v) is 1.79. The van der Waals surface area contributed by atoms with Crippen molar-refractivity contribution in [1.29, 1.82) is 0 Å². The number of aliphatic hydroxyl groups is 1. The minimum absolute atomic E-state index is 0.520. The van der Waals surface area contributed by atoms with Gasteiger partial charge in [-0.25, -0.2) is 4.68 Å². The Balaban J connectivity index is 2.08. The number of hydrogen-bond acceptors (Lipinski definition) is 3. The summed E-state index contributed by atoms with van der Waals surface area (Å²) in [6, 6.07) is 8.05. The van der Waals surface area contributed by atoms with E-state index in [0.29, 0.717) is 18.7 Å². The smallest absolute Gasteiger partial charge is 0.111 e. The van der Waals surface area contributed by atoms with Crippen LogP contribution in [0.4, 0.5) is 0 Å². The highest BCUT2D eigenvalue weighted by atomic mass is 79.9. The largest absolute Gasteiger partial charge is 0.387 e. The highest BCUT2D eigenvalue weighted by Crippen LogP contribution is 2.14. The molecular weight excluding hydrogens is 282 g/mol. The van der Waals surface area contributed by atoms with E-state index >= 15 is 0 Å². The Morgan fingerprint density at radius 2 is 2.06 bits per heavy atom. The molecule has 0 aliphatic heterocycles. The average molecular weight is 296 g/mol. The summed E-state index contributed by atoms with van der Waals surface area (Å²) in [4.78, 5) is 0. The lowest BCUT2D eigenvalue weighted by molar-refractivity contribution is 0.168. The SMILES string of the molecule is CCC(O)c1cn(Cc2ccc(Br)cc2)nn1. The first-order valence-corrected chi connectivity index (χ1v) is 6.31. The maximum absolute atomic E-state index is 9.62. The van der Waals surface area contributed by atoms with Crippen molar-refractivity contribution in [2.75, 3.05) is 0 Å². The normalized spacial score (nSPS) is 12.6. The summed E-state index contributed by atoms with van der Waals surface area (Å²) in [5.41, 5.74) is 1.78. The number of hydrogen-bond donors (Lipinski definition) is 1. The van der Waals surface area contributed by atoms with Crippen molar-refractivity contribution in [1.82, 2.24) is 15.0 Å². The highest BCUT2D eigenvalue weighted by molar-refractivity contribution is 9.10. The molecule has 1 aromatic heterocycles. The highest BCUT2D eigenvalue weighted by Gasteiger charge is 2.09. The molecule has 1 N–H and O–H groups in total. The zero-order chi connectivity index (χ0) is 12.3. The first-order chi connectivity index (χ1) is 8.19. The Hall–Kier alpha value is -1.20. The van der Waals surface area contributed by atoms with Crippen LogP contribution in [-0.2, 0) is 6.54 Å². The lowest BCUT2D eigenvalue weighted by Crippen LogP contribution is -2.00. The number of rotatable bonds is 4. The third kappa shape index (κ3) is 3.14. The molecule has 4 nitrogen and oxygen atoms in total. The number of nitrogens with zero attached hydrogens (tertiary/aromatic N) is 3. The number of benzene rings is 1. The van der Waals surface area contributed by atoms with E-state index in [0.717, 1.165) is 10.0 Å². The zero-order valence-electron chi connectivity index (χ0n) is 9.55. The van der Waals surface area contributed by atoms with Gasteiger partial charge in [0.1, 0.15) is 5.69 Å². The lowest BCUT2D eigenvalue weighted by Gasteiger charge is -2.02. The molecule has 0 fully saturated rings. The van der Waals surface area contributed by atoms with Gasteiger partial charge in [-0.15, -0.1) is 5.10 Å². The Labute approximate surface area is 108 Å². The Bertz CT molecular complexity index is 481. The van der Waals surface area contributed by atoms with E-state index in [-0.39, 0.29) is 0 Å². The van der Waals surface area contributed by atoms with E-state index in [2.05, 4.69) is 26.2 Å². The maximum Gasteiger partial charge on any atom is 0.111 e. The molecule has 2 rings (SSSR count). The molecule has 0 amide bonds. The van der Waals surface area contributed by atoms with Gasteiger partial charge >= 0.3 is 0 Å². The summed E-state index contributed by atoms with van der Waals surface area (Å²) in [7, 11) is 0. The summed E-state index contributed by atoms with van der Waals surface area (Å²) in [5.74, 6) is 0. The van der Waals surface area contributed by atoms with Crippen LogP contribution in [0, 0.1) is 0 Å². The fraction of sp³-hybridized carbons (Fsp3) is 0.333. The van der Waals surface area contributed by atoms with Crippen LogP contribution in [0.2, 0.25) is 0 Å². The van der Waals surface area contributed by atoms with Gasteiger partial charge in [0.2, 0.25) is 0 Å². The van der Waals surface area contributed by atoms with Crippen LogP contribution in [-0.4, -0.2) is 20.1 Å². The molecule has 1 atom stereocenters. The van der Waals surface area contributed by atoms with E-state index < -0.39 is 6.10 Å². The second-order valence-electron chi connectivity index (χ2n) is 3.89. The average Bonchev–Trinajstić information content (AvgIpc) is 2.80. The number of aromatic nitrogens is 3. The van der Waals surface area contributed by atoms with Crippen molar-refractivity contribution in [3.8, 4) is 0 Å². The van der Waals surface area contributed by atoms with Gasteiger partial charge in [-0.1, -0.05) is 40.2 Å². The van der Waals surface area contributed by atoms with Crippen molar-refractivity contribution >= 4 is 15.9 Å². The molecule has 1 unspecified atom stereocenters. The van der Waals surface area contributed by atoms with Gasteiger partial charge in [-0.3, -0.25) is 0 Å². The van der Waals surface area contributed by atoms with E-state index in [9.17, 15) is 5.11 Å². The molecule has 0 aliphatic carbocycles. The third-order valence-corrected chi connectivity index (χ3v) is 3.07. The topological polar surface area (TPSA) is 50.9 Å². The molecule has 17 heavy (non-hydrogen) atoms. The van der Waals surface area contributed by atoms with E-state index in [1.807, 2.05) is 31.2 Å². The minimum Gasteiger partial charge on any atom is -0.387 e. The predicted octanol–water partition coefficient (Wildman–Crippen LogP) is 2.53. The van der Waals surface area contributed by atoms with Crippen LogP contribution in [0.25, 0.3) is 0 Å². The summed E-state index contributed by atoms with van der Waals surface area (Å²) in [6.45, 7) is 2.58. The summed E-state index contributed by atoms with van der Waals surface area (Å²) in [5, 5.41) is 17.6. The Morgan fingerprint density at radius 3 is 2.71 bits per heavy atom. The molecule has 1 heterocycles. The van der Waals surface area contributed by atoms with Crippen LogP contribution in [0.1, 0.15) is 30.7 Å². The van der Waals surface area contributed by atoms with Crippen LogP contribution in [0.15, 0.2) is 34.9 Å². The van der Waals surface area contributed by atoms with Crippen LogP contribution >= 0.6 is 15.9 Å². The molecule has 5 heteroatoms. The Kier molecular flexibility index (Phi) is 3.91. The quantitative estimate of drug-likeness (QED) is 0.943. The first-order valence-electron chi connectivity index (χ1n) is 5.51. The van der Waals surface area contributed by atoms with Crippen LogP contribution in [0.3, 0.4) is 0 Å². The standard InChI is InChI=1S/C12H14BrN3O/c1-2-12(17)11-8-16(15-14-11)7-9-3-5-10(13)6-4-9/h3-6,8,12,17H,2,7H2,1H3. The number of halogens is 1. The molecule has 0 saturated heterocycles. The van der Waals surface area contributed by atoms with Crippen molar-refractivity contribution < 1.29 is 5.11 Å². The van der Waals surface area contributed by atoms with E-state index in [1.165, 1.54) is 0 Å². The van der Waals surface area contributed by atoms with E-state index in [4.69, 9.17) is 0 Å². The molecule has 0 bridgehead atoms. The molecule has 2 aromatic rings. The van der Waals surface area contributed by atoms with Crippen molar-refractivity contribution in [3.63, 3.8) is 0 Å². The van der Waals surface area contributed by atoms with E-state index in [1.54, 1.807) is 10.9 Å². The van der Waals surface area contributed by atoms with Gasteiger partial charge in [0.05, 0.1) is 18.8 Å². The van der Waals surface area contributed by atoms with Crippen molar-refractivity contribution in [3.05, 3.63) is 46.2 Å². The minimum atomic E-state index is -0.520. The lowest BCUT2D eigenvalue weighted by atomic mass is 10.2. The molecular formula is C12H14BrN3O. The molecule has 0 radical (unpaired) electrons. The van der Waals surface area contributed by atoms with Gasteiger partial charge in [0.25, 0.3) is 0 Å². The summed E-state index contributed by atoms with van der Waals surface area (Å²) < 4.78 is 2.79. The fourth-order valence-electron chi connectivity index (χ4n) is 1.53. The monoisotopic (exact) mass is 295 g/mol. The van der Waals surface area contributed by atoms with Gasteiger partial charge < -0.3 is 5.11 Å². The maximum atomic E-state index is 9.62. The zero-order valence-corrected chi connectivity index (χ0v) is 11.1. The molecule has 0 aliphatic rings. The van der Waals surface area contributed by atoms with Gasteiger partial charge in [-0.05, 0) is 24.1 Å². The van der Waals surface area contributed by atoms with Gasteiger partial charge in [-0.2, -0.15) is 0 Å². The van der Waals surface area contributed by atoms with Crippen LogP contribution < -0.4 is 0 Å². The van der Waals surface area contributed by atoms with Crippen molar-refractivity contribution in [2.45, 2.75) is 26.0 Å². The van der Waals surface area contributed by atoms with Crippen molar-refractivity contribution in [2.24, 2.45) is 0 Å². The molecule has 90 valence electrons. The molecule has 0 saturated carbocycles. The van der Waals surface area contributed by atoms with Gasteiger partial charge in [0.15, 0.2) is 0 Å². The number of aliphatic hydroxyl groups excluding tert-OH is 1. The first kappa shape index (κ1) is 12.3. The molecule has 0 spiro atoms. The van der Waals surface area contributed by atoms with Gasteiger partial charge in [0, 0.05) is 4.47 Å². The summed E-state index contributed by atoms with van der Waals surface area (Å²) in [6.07, 6.45) is 1.92. The summed E-state index contributed by atoms with van der Waals surface area (Å²) >= 11 is 3.40. The van der Waals surface area contributed by atoms with Crippen LogP contribution in [0.5, 0.6) is 0 Å². The molecule has 1 aromatic carbocycles. The Morgan fingerprint density at radius 1 is 1.35 bits per heavy atom.